The molecule has 1 aliphatic carbocycles. The van der Waals surface area contributed by atoms with E-state index < -0.39 is 11.9 Å². The Morgan fingerprint density at radius 3 is 2.42 bits per heavy atom. The van der Waals surface area contributed by atoms with Crippen LogP contribution in [0.4, 0.5) is 17.3 Å². The molecule has 1 unspecified atom stereocenters. The number of anilines is 3. The third-order valence-electron chi connectivity index (χ3n) is 12.4. The minimum atomic E-state index is -0.711. The highest BCUT2D eigenvalue weighted by Crippen LogP contribution is 2.43. The number of aldehydes is 1. The van der Waals surface area contributed by atoms with E-state index in [1.54, 1.807) is 13.2 Å². The lowest BCUT2D eigenvalue weighted by atomic mass is 10.0. The molecule has 0 spiro atoms. The molecule has 20 nitrogen and oxygen atoms in total. The van der Waals surface area contributed by atoms with Crippen molar-refractivity contribution >= 4 is 63.3 Å². The Morgan fingerprint density at radius 1 is 0.986 bits per heavy atom. The van der Waals surface area contributed by atoms with Crippen LogP contribution in [0.5, 0.6) is 5.75 Å². The Labute approximate surface area is 399 Å². The van der Waals surface area contributed by atoms with E-state index >= 15 is 0 Å². The zero-order valence-electron chi connectivity index (χ0n) is 39.9. The first kappa shape index (κ1) is 48.6. The van der Waals surface area contributed by atoms with E-state index in [0.29, 0.717) is 112 Å². The topological polar surface area (TPSA) is 242 Å². The summed E-state index contributed by atoms with van der Waals surface area (Å²) < 4.78 is 30.5. The quantitative estimate of drug-likeness (QED) is 0.0296. The largest absolute Gasteiger partial charge is 0.496 e. The lowest BCUT2D eigenvalue weighted by molar-refractivity contribution is -0.125. The molecule has 3 amide bonds. The first-order chi connectivity index (χ1) is 33.6. The molecular weight excluding hydrogens is 887 g/mol. The summed E-state index contributed by atoms with van der Waals surface area (Å²) in [4.78, 5) is 64.8. The van der Waals surface area contributed by atoms with Gasteiger partial charge in [0.2, 0.25) is 11.7 Å². The van der Waals surface area contributed by atoms with Crippen molar-refractivity contribution in [1.29, 1.82) is 0 Å². The van der Waals surface area contributed by atoms with Crippen LogP contribution in [0, 0.1) is 13.8 Å². The zero-order chi connectivity index (χ0) is 48.4. The smallest absolute Gasteiger partial charge is 0.289 e. The number of carbonyl (C=O) groups is 4. The molecule has 5 N–H and O–H groups in total. The highest BCUT2D eigenvalue weighted by atomic mass is 16.5. The van der Waals surface area contributed by atoms with Crippen LogP contribution in [0.25, 0.3) is 33.1 Å². The fourth-order valence-corrected chi connectivity index (χ4v) is 8.71. The van der Waals surface area contributed by atoms with Gasteiger partial charge in [-0.25, -0.2) is 14.6 Å². The number of hydrogen-bond donors (Lipinski definition) is 5. The first-order valence-corrected chi connectivity index (χ1v) is 23.7. The summed E-state index contributed by atoms with van der Waals surface area (Å²) >= 11 is 0. The number of rotatable bonds is 27. The van der Waals surface area contributed by atoms with Gasteiger partial charge >= 0.3 is 0 Å². The van der Waals surface area contributed by atoms with Gasteiger partial charge in [0.05, 0.1) is 55.9 Å². The summed E-state index contributed by atoms with van der Waals surface area (Å²) in [6.07, 6.45) is 4.77. The Morgan fingerprint density at radius 2 is 1.74 bits per heavy atom. The average molecular weight is 948 g/mol. The Balaban J connectivity index is 0.772. The number of methoxy groups -OCH3 is 1. The van der Waals surface area contributed by atoms with Gasteiger partial charge in [0.1, 0.15) is 41.1 Å². The Kier molecular flexibility index (Phi) is 15.8. The van der Waals surface area contributed by atoms with Crippen molar-refractivity contribution in [3.8, 4) is 16.9 Å². The average Bonchev–Trinajstić information content (AvgIpc) is 3.73. The number of carbonyl (C=O) groups excluding carboxylic acids is 4. The molecule has 366 valence electrons. The molecule has 20 heteroatoms. The highest BCUT2D eigenvalue weighted by Gasteiger charge is 2.37. The third kappa shape index (κ3) is 11.0. The number of aromatic nitrogens is 6. The van der Waals surface area contributed by atoms with Crippen molar-refractivity contribution in [1.82, 2.24) is 45.4 Å². The second kappa shape index (κ2) is 22.5. The fourth-order valence-electron chi connectivity index (χ4n) is 8.71. The maximum absolute atomic E-state index is 13.6. The summed E-state index contributed by atoms with van der Waals surface area (Å²) in [6, 6.07) is 10.8. The van der Waals surface area contributed by atoms with Gasteiger partial charge in [-0.3, -0.25) is 14.4 Å². The van der Waals surface area contributed by atoms with Crippen molar-refractivity contribution in [3.63, 3.8) is 0 Å². The Bertz CT molecular complexity index is 2780. The number of aryl methyl sites for hydroxylation is 3. The highest BCUT2D eigenvalue weighted by molar-refractivity contribution is 6.14. The number of nitrogens with one attached hydrogen (secondary N) is 5. The maximum atomic E-state index is 13.6. The maximum Gasteiger partial charge on any atom is 0.289 e. The second-order valence-electron chi connectivity index (χ2n) is 17.1. The van der Waals surface area contributed by atoms with Crippen LogP contribution < -0.4 is 26.0 Å². The van der Waals surface area contributed by atoms with Crippen LogP contribution in [0.2, 0.25) is 0 Å². The van der Waals surface area contributed by atoms with Gasteiger partial charge in [0.25, 0.3) is 11.8 Å². The van der Waals surface area contributed by atoms with Crippen LogP contribution in [0.3, 0.4) is 0 Å². The van der Waals surface area contributed by atoms with Crippen LogP contribution in [-0.2, 0) is 36.9 Å². The zero-order valence-corrected chi connectivity index (χ0v) is 39.9. The number of ether oxygens (including phenoxy) is 4. The van der Waals surface area contributed by atoms with Crippen LogP contribution in [0.1, 0.15) is 95.1 Å². The van der Waals surface area contributed by atoms with E-state index in [0.717, 1.165) is 76.0 Å². The monoisotopic (exact) mass is 947 g/mol. The molecule has 5 heterocycles. The number of fused-ring (bicyclic) bond motifs is 4. The van der Waals surface area contributed by atoms with Gasteiger partial charge in [0.15, 0.2) is 0 Å². The van der Waals surface area contributed by atoms with Crippen molar-refractivity contribution in [3.05, 3.63) is 70.5 Å². The van der Waals surface area contributed by atoms with Gasteiger partial charge in [-0.1, -0.05) is 11.2 Å². The number of H-pyrrole nitrogens is 1. The summed E-state index contributed by atoms with van der Waals surface area (Å²) in [7, 11) is 3.15. The number of hydrogen-bond acceptors (Lipinski definition) is 15. The molecule has 0 radical (unpaired) electrons. The van der Waals surface area contributed by atoms with E-state index in [4.69, 9.17) is 38.5 Å². The number of aromatic amines is 1. The van der Waals surface area contributed by atoms with Crippen molar-refractivity contribution < 1.29 is 42.6 Å². The molecule has 69 heavy (non-hydrogen) atoms. The molecule has 1 saturated carbocycles. The number of benzene rings is 2. The number of nitrogens with zero attached hydrogens (tertiary/aromatic N) is 6. The molecule has 2 aromatic carbocycles. The van der Waals surface area contributed by atoms with Crippen molar-refractivity contribution in [2.45, 2.75) is 84.3 Å². The summed E-state index contributed by atoms with van der Waals surface area (Å²) in [6.45, 7) is 10.3. The molecule has 2 aliphatic rings. The minimum absolute atomic E-state index is 0.0123. The second-order valence-corrected chi connectivity index (χ2v) is 17.1. The van der Waals surface area contributed by atoms with Gasteiger partial charge in [-0.05, 0) is 77.1 Å². The van der Waals surface area contributed by atoms with Gasteiger partial charge in [-0.2, -0.15) is 5.10 Å². The standard InChI is InChI=1S/C49H61N11O9/c1-6-60-41(27-37(57-60)31-14-15-31)54-45-43-33-26-40(65-5)34(42-29(2)58-69-30(42)3)25-38(33)53-44(43)55-46(56-45)48(63)52-17-10-20-67-22-24-68-23-21-66-19-9-16-51-36-12-7-11-32-35(36)28-59(49(32)64)39(13-8-18-61)47(62)50-4/h7,11-12,18,25-27,31,39,51H,6,8-10,13-17,19-24,28H2,1-5H3,(H,50,62)(H,52,63)(H2,53,54,55,56). The summed E-state index contributed by atoms with van der Waals surface area (Å²) in [5.41, 5.74) is 6.96. The van der Waals surface area contributed by atoms with Gasteiger partial charge < -0.3 is 59.4 Å². The number of likely N-dealkylation sites (N-methyl/N-ethyl adjacent to an activating group) is 1. The first-order valence-electron chi connectivity index (χ1n) is 23.7. The van der Waals surface area contributed by atoms with E-state index in [-0.39, 0.29) is 30.5 Å². The third-order valence-corrected chi connectivity index (χ3v) is 12.4. The lowest BCUT2D eigenvalue weighted by Crippen LogP contribution is -2.46. The molecule has 6 aromatic rings. The molecule has 0 bridgehead atoms. The molecule has 1 aliphatic heterocycles. The fraction of sp³-hybridized carbons (Fsp3) is 0.469. The summed E-state index contributed by atoms with van der Waals surface area (Å²) in [5.74, 6) is 2.11. The molecule has 1 atom stereocenters. The molecule has 0 saturated heterocycles. The van der Waals surface area contributed by atoms with Gasteiger partial charge in [0, 0.05) is 98.1 Å². The predicted octanol–water partition coefficient (Wildman–Crippen LogP) is 5.95. The van der Waals surface area contributed by atoms with Crippen LogP contribution in [-0.4, -0.2) is 132 Å². The van der Waals surface area contributed by atoms with E-state index in [1.165, 1.54) is 11.9 Å². The van der Waals surface area contributed by atoms with E-state index in [1.807, 2.05) is 49.7 Å². The van der Waals surface area contributed by atoms with Crippen LogP contribution in [0.15, 0.2) is 40.9 Å². The van der Waals surface area contributed by atoms with Crippen molar-refractivity contribution in [2.75, 3.05) is 77.5 Å². The molecule has 8 rings (SSSR count). The molecular formula is C49H61N11O9. The van der Waals surface area contributed by atoms with Crippen LogP contribution >= 0.6 is 0 Å². The summed E-state index contributed by atoms with van der Waals surface area (Å²) in [5, 5.41) is 23.0. The van der Waals surface area contributed by atoms with Gasteiger partial charge in [-0.15, -0.1) is 0 Å². The lowest BCUT2D eigenvalue weighted by Gasteiger charge is -2.25. The number of amides is 3. The van der Waals surface area contributed by atoms with Crippen molar-refractivity contribution in [2.24, 2.45) is 0 Å². The Hall–Kier alpha value is -6.90. The van der Waals surface area contributed by atoms with E-state index in [2.05, 4.69) is 37.5 Å². The van der Waals surface area contributed by atoms with E-state index in [9.17, 15) is 19.2 Å². The SMILES string of the molecule is CCn1nc(C2CC2)cc1Nc1nc(C(=O)NCCCOCCOCCOCCCNc2cccc3c2CN(C(CCC=O)C(=O)NC)C3=O)nc2[nH]c3cc(-c4c(C)noc4C)c(OC)cc3c12. The molecule has 1 fully saturated rings. The normalized spacial score (nSPS) is 13.8. The molecule has 4 aromatic heterocycles. The minimum Gasteiger partial charge on any atom is -0.496 e. The predicted molar refractivity (Wildman–Crippen MR) is 258 cm³/mol.